The van der Waals surface area contributed by atoms with Gasteiger partial charge in [0.15, 0.2) is 5.11 Å². The van der Waals surface area contributed by atoms with Crippen LogP contribution in [0.25, 0.3) is 0 Å². The number of nitrogens with zero attached hydrogens (tertiary/aromatic N) is 2. The second-order valence-corrected chi connectivity index (χ2v) is 9.22. The lowest BCUT2D eigenvalue weighted by atomic mass is 9.99. The second kappa shape index (κ2) is 10.3. The van der Waals surface area contributed by atoms with Crippen LogP contribution in [0.1, 0.15) is 39.5 Å². The van der Waals surface area contributed by atoms with E-state index in [1.807, 2.05) is 4.90 Å². The predicted octanol–water partition coefficient (Wildman–Crippen LogP) is 3.22. The fraction of sp³-hybridized carbons (Fsp3) is 0.632. The van der Waals surface area contributed by atoms with Gasteiger partial charge in [-0.05, 0) is 36.7 Å². The SMILES string of the molecule is CCCC[C@H](CC)CNC(=S)N1CCN(S(=O)(=O)c2ccccc2F)CC1. The first-order valence-electron chi connectivity index (χ1n) is 9.67. The summed E-state index contributed by atoms with van der Waals surface area (Å²) in [5.41, 5.74) is 0. The molecule has 1 aliphatic heterocycles. The van der Waals surface area contributed by atoms with Crippen LogP contribution in [-0.2, 0) is 10.0 Å². The summed E-state index contributed by atoms with van der Waals surface area (Å²) in [4.78, 5) is 1.73. The molecule has 5 nitrogen and oxygen atoms in total. The lowest BCUT2D eigenvalue weighted by molar-refractivity contribution is 0.262. The fourth-order valence-electron chi connectivity index (χ4n) is 3.21. The van der Waals surface area contributed by atoms with Crippen molar-refractivity contribution in [3.8, 4) is 0 Å². The number of hydrogen-bond acceptors (Lipinski definition) is 3. The molecule has 152 valence electrons. The van der Waals surface area contributed by atoms with E-state index in [-0.39, 0.29) is 4.90 Å². The maximum absolute atomic E-state index is 13.9. The van der Waals surface area contributed by atoms with Crippen LogP contribution in [0.5, 0.6) is 0 Å². The monoisotopic (exact) mass is 415 g/mol. The smallest absolute Gasteiger partial charge is 0.246 e. The Hall–Kier alpha value is -1.25. The van der Waals surface area contributed by atoms with Gasteiger partial charge in [0.05, 0.1) is 0 Å². The van der Waals surface area contributed by atoms with Crippen molar-refractivity contribution in [2.24, 2.45) is 5.92 Å². The van der Waals surface area contributed by atoms with Crippen LogP contribution in [0, 0.1) is 11.7 Å². The molecule has 1 N–H and O–H groups in total. The largest absolute Gasteiger partial charge is 0.362 e. The number of rotatable bonds is 8. The van der Waals surface area contributed by atoms with E-state index in [1.54, 1.807) is 0 Å². The van der Waals surface area contributed by atoms with Crippen molar-refractivity contribution in [2.75, 3.05) is 32.7 Å². The zero-order chi connectivity index (χ0) is 19.9. The molecule has 0 unspecified atom stereocenters. The number of piperazine rings is 1. The first-order chi connectivity index (χ1) is 12.9. The summed E-state index contributed by atoms with van der Waals surface area (Å²) in [6, 6.07) is 5.50. The molecule has 1 atom stereocenters. The van der Waals surface area contributed by atoms with Crippen LogP contribution < -0.4 is 5.32 Å². The highest BCUT2D eigenvalue weighted by Crippen LogP contribution is 2.20. The van der Waals surface area contributed by atoms with E-state index < -0.39 is 15.8 Å². The number of benzene rings is 1. The minimum atomic E-state index is -3.81. The second-order valence-electron chi connectivity index (χ2n) is 6.92. The zero-order valence-corrected chi connectivity index (χ0v) is 17.8. The van der Waals surface area contributed by atoms with E-state index >= 15 is 0 Å². The maximum Gasteiger partial charge on any atom is 0.246 e. The molecular weight excluding hydrogens is 385 g/mol. The number of halogens is 1. The van der Waals surface area contributed by atoms with Gasteiger partial charge in [-0.15, -0.1) is 0 Å². The van der Waals surface area contributed by atoms with Crippen LogP contribution in [0.2, 0.25) is 0 Å². The molecule has 8 heteroatoms. The average molecular weight is 416 g/mol. The van der Waals surface area contributed by atoms with Crippen molar-refractivity contribution < 1.29 is 12.8 Å². The van der Waals surface area contributed by atoms with Crippen LogP contribution in [0.3, 0.4) is 0 Å². The Morgan fingerprint density at radius 3 is 2.48 bits per heavy atom. The van der Waals surface area contributed by atoms with E-state index in [0.29, 0.717) is 37.2 Å². The highest BCUT2D eigenvalue weighted by atomic mass is 32.2. The molecule has 0 aliphatic carbocycles. The van der Waals surface area contributed by atoms with E-state index in [2.05, 4.69) is 19.2 Å². The Balaban J connectivity index is 1.87. The Kier molecular flexibility index (Phi) is 8.44. The first kappa shape index (κ1) is 22.0. The molecule has 1 fully saturated rings. The van der Waals surface area contributed by atoms with Crippen molar-refractivity contribution in [1.29, 1.82) is 0 Å². The summed E-state index contributed by atoms with van der Waals surface area (Å²) in [7, 11) is -3.81. The highest BCUT2D eigenvalue weighted by molar-refractivity contribution is 7.89. The maximum atomic E-state index is 13.9. The Bertz CT molecular complexity index is 719. The molecule has 0 aromatic heterocycles. The third kappa shape index (κ3) is 5.86. The first-order valence-corrected chi connectivity index (χ1v) is 11.5. The topological polar surface area (TPSA) is 52.6 Å². The zero-order valence-electron chi connectivity index (χ0n) is 16.2. The summed E-state index contributed by atoms with van der Waals surface area (Å²) in [5.74, 6) is -0.111. The molecule has 0 spiro atoms. The molecular formula is C19H30FN3O2S2. The van der Waals surface area contributed by atoms with Gasteiger partial charge in [-0.3, -0.25) is 0 Å². The van der Waals surface area contributed by atoms with Crippen molar-refractivity contribution in [3.63, 3.8) is 0 Å². The van der Waals surface area contributed by atoms with Crippen molar-refractivity contribution in [1.82, 2.24) is 14.5 Å². The van der Waals surface area contributed by atoms with E-state index in [0.717, 1.165) is 13.0 Å². The number of thiocarbonyl (C=S) groups is 1. The number of nitrogens with one attached hydrogen (secondary N) is 1. The fourth-order valence-corrected chi connectivity index (χ4v) is 4.96. The Labute approximate surface area is 168 Å². The Morgan fingerprint density at radius 2 is 1.89 bits per heavy atom. The molecule has 1 aromatic carbocycles. The molecule has 27 heavy (non-hydrogen) atoms. The summed E-state index contributed by atoms with van der Waals surface area (Å²) in [5, 5.41) is 4.01. The highest BCUT2D eigenvalue weighted by Gasteiger charge is 2.31. The minimum Gasteiger partial charge on any atom is -0.362 e. The summed E-state index contributed by atoms with van der Waals surface area (Å²) >= 11 is 5.49. The Morgan fingerprint density at radius 1 is 1.22 bits per heavy atom. The van der Waals surface area contributed by atoms with Gasteiger partial charge >= 0.3 is 0 Å². The van der Waals surface area contributed by atoms with Crippen LogP contribution >= 0.6 is 12.2 Å². The van der Waals surface area contributed by atoms with Gasteiger partial charge in [0.2, 0.25) is 10.0 Å². The van der Waals surface area contributed by atoms with Crippen LogP contribution in [-0.4, -0.2) is 55.5 Å². The molecule has 1 aliphatic rings. The molecule has 0 saturated carbocycles. The lowest BCUT2D eigenvalue weighted by Gasteiger charge is -2.35. The lowest BCUT2D eigenvalue weighted by Crippen LogP contribution is -2.53. The van der Waals surface area contributed by atoms with Gasteiger partial charge in [0.25, 0.3) is 0 Å². The van der Waals surface area contributed by atoms with E-state index in [4.69, 9.17) is 12.2 Å². The van der Waals surface area contributed by atoms with Gasteiger partial charge < -0.3 is 10.2 Å². The molecule has 2 rings (SSSR count). The van der Waals surface area contributed by atoms with E-state index in [1.165, 1.54) is 47.8 Å². The standard InChI is InChI=1S/C19H30FN3O2S2/c1-3-5-8-16(4-2)15-21-19(26)22-11-13-23(14-12-22)27(24,25)18-10-7-6-9-17(18)20/h6-7,9-10,16H,3-5,8,11-15H2,1-2H3,(H,21,26)/t16-/m0/s1. The van der Waals surface area contributed by atoms with Gasteiger partial charge in [-0.2, -0.15) is 4.31 Å². The minimum absolute atomic E-state index is 0.263. The molecule has 0 amide bonds. The van der Waals surface area contributed by atoms with E-state index in [9.17, 15) is 12.8 Å². The van der Waals surface area contributed by atoms with Gasteiger partial charge in [0.1, 0.15) is 10.7 Å². The van der Waals surface area contributed by atoms with Crippen molar-refractivity contribution in [3.05, 3.63) is 30.1 Å². The predicted molar refractivity (Wildman–Crippen MR) is 111 cm³/mol. The number of unbranched alkanes of at least 4 members (excludes halogenated alkanes) is 1. The van der Waals surface area contributed by atoms with Crippen molar-refractivity contribution in [2.45, 2.75) is 44.4 Å². The van der Waals surface area contributed by atoms with Gasteiger partial charge in [-0.25, -0.2) is 12.8 Å². The third-order valence-corrected chi connectivity index (χ3v) is 7.40. The average Bonchev–Trinajstić information content (AvgIpc) is 2.68. The quantitative estimate of drug-likeness (QED) is 0.661. The summed E-state index contributed by atoms with van der Waals surface area (Å²) < 4.78 is 40.5. The molecule has 0 radical (unpaired) electrons. The molecule has 1 heterocycles. The number of sulfonamides is 1. The summed E-state index contributed by atoms with van der Waals surface area (Å²) in [6.45, 7) is 6.84. The molecule has 0 bridgehead atoms. The normalized spacial score (nSPS) is 16.9. The summed E-state index contributed by atoms with van der Waals surface area (Å²) in [6.07, 6.45) is 4.72. The molecule has 1 saturated heterocycles. The van der Waals surface area contributed by atoms with Crippen LogP contribution in [0.15, 0.2) is 29.2 Å². The third-order valence-electron chi connectivity index (χ3n) is 5.07. The van der Waals surface area contributed by atoms with Crippen LogP contribution in [0.4, 0.5) is 4.39 Å². The van der Waals surface area contributed by atoms with Crippen molar-refractivity contribution >= 4 is 27.4 Å². The van der Waals surface area contributed by atoms with Gasteiger partial charge in [-0.1, -0.05) is 45.2 Å². The van der Waals surface area contributed by atoms with Gasteiger partial charge in [0, 0.05) is 32.7 Å². The molecule has 1 aromatic rings. The number of hydrogen-bond donors (Lipinski definition) is 1.